The molecule has 0 radical (unpaired) electrons. The number of aromatic nitrogens is 1. The molecule has 0 bridgehead atoms. The topological polar surface area (TPSA) is 85.5 Å². The van der Waals surface area contributed by atoms with Crippen molar-refractivity contribution in [2.24, 2.45) is 5.92 Å². The summed E-state index contributed by atoms with van der Waals surface area (Å²) in [6.45, 7) is 6.28. The lowest BCUT2D eigenvalue weighted by molar-refractivity contribution is -0.143. The second-order valence-corrected chi connectivity index (χ2v) is 4.83. The molecule has 110 valence electrons. The molecule has 0 spiro atoms. The lowest BCUT2D eigenvalue weighted by atomic mass is 10.2. The highest BCUT2D eigenvalue weighted by atomic mass is 16.5. The first-order valence-electron chi connectivity index (χ1n) is 6.61. The Morgan fingerprint density at radius 3 is 2.70 bits per heavy atom. The number of carbonyl (C=O) groups is 2. The first-order valence-corrected chi connectivity index (χ1v) is 6.61. The summed E-state index contributed by atoms with van der Waals surface area (Å²) < 4.78 is 4.89. The van der Waals surface area contributed by atoms with E-state index < -0.39 is 5.97 Å². The molecule has 0 aliphatic carbocycles. The maximum atomic E-state index is 12.4. The largest absolute Gasteiger partial charge is 0.465 e. The van der Waals surface area contributed by atoms with Crippen LogP contribution in [0.15, 0.2) is 18.3 Å². The van der Waals surface area contributed by atoms with Crippen LogP contribution in [0.2, 0.25) is 0 Å². The zero-order valence-electron chi connectivity index (χ0n) is 12.1. The van der Waals surface area contributed by atoms with Gasteiger partial charge in [-0.2, -0.15) is 0 Å². The molecule has 1 rings (SSSR count). The Hall–Kier alpha value is -2.11. The van der Waals surface area contributed by atoms with Crippen LogP contribution in [0.1, 0.15) is 31.3 Å². The first kappa shape index (κ1) is 15.9. The van der Waals surface area contributed by atoms with Gasteiger partial charge in [-0.3, -0.25) is 9.59 Å². The molecule has 1 aromatic rings. The van der Waals surface area contributed by atoms with Crippen molar-refractivity contribution in [2.45, 2.75) is 20.8 Å². The molecule has 2 N–H and O–H groups in total. The van der Waals surface area contributed by atoms with Crippen LogP contribution in [0.5, 0.6) is 0 Å². The summed E-state index contributed by atoms with van der Waals surface area (Å²) in [5, 5.41) is 0. The molecule has 0 unspecified atom stereocenters. The van der Waals surface area contributed by atoms with E-state index in [1.807, 2.05) is 13.8 Å². The second kappa shape index (κ2) is 7.47. The smallest absolute Gasteiger partial charge is 0.325 e. The van der Waals surface area contributed by atoms with Crippen molar-refractivity contribution in [3.8, 4) is 0 Å². The van der Waals surface area contributed by atoms with E-state index in [0.29, 0.717) is 12.2 Å². The van der Waals surface area contributed by atoms with Crippen molar-refractivity contribution in [2.75, 3.05) is 25.4 Å². The summed E-state index contributed by atoms with van der Waals surface area (Å²) >= 11 is 0. The number of rotatable bonds is 6. The van der Waals surface area contributed by atoms with Gasteiger partial charge in [0.1, 0.15) is 6.54 Å². The van der Waals surface area contributed by atoms with Gasteiger partial charge in [0, 0.05) is 12.7 Å². The zero-order valence-corrected chi connectivity index (χ0v) is 12.1. The van der Waals surface area contributed by atoms with E-state index >= 15 is 0 Å². The highest BCUT2D eigenvalue weighted by Crippen LogP contribution is 2.12. The fourth-order valence-corrected chi connectivity index (χ4v) is 1.77. The summed E-state index contributed by atoms with van der Waals surface area (Å²) in [6.07, 6.45) is 1.50. The van der Waals surface area contributed by atoms with Crippen molar-refractivity contribution in [1.29, 1.82) is 0 Å². The van der Waals surface area contributed by atoms with E-state index in [0.717, 1.165) is 0 Å². The van der Waals surface area contributed by atoms with Gasteiger partial charge in [-0.1, -0.05) is 13.8 Å². The SMILES string of the molecule is CCOC(=O)CN(CC(C)C)C(=O)c1ncccc1N. The average Bonchev–Trinajstić information content (AvgIpc) is 2.37. The number of carbonyl (C=O) groups excluding carboxylic acids is 2. The van der Waals surface area contributed by atoms with Crippen LogP contribution in [-0.2, 0) is 9.53 Å². The predicted molar refractivity (Wildman–Crippen MR) is 76.0 cm³/mol. The molecule has 1 heterocycles. The Kier molecular flexibility index (Phi) is 5.96. The van der Waals surface area contributed by atoms with Gasteiger partial charge in [-0.05, 0) is 25.0 Å². The van der Waals surface area contributed by atoms with Crippen LogP contribution in [0, 0.1) is 5.92 Å². The summed E-state index contributed by atoms with van der Waals surface area (Å²) in [4.78, 5) is 29.4. The molecule has 1 aromatic heterocycles. The molecule has 6 nitrogen and oxygen atoms in total. The van der Waals surface area contributed by atoms with E-state index in [1.54, 1.807) is 19.1 Å². The van der Waals surface area contributed by atoms with Gasteiger partial charge in [-0.25, -0.2) is 4.98 Å². The minimum atomic E-state index is -0.434. The maximum absolute atomic E-state index is 12.4. The van der Waals surface area contributed by atoms with E-state index in [2.05, 4.69) is 4.98 Å². The molecule has 0 atom stereocenters. The molecule has 0 aliphatic heterocycles. The number of nitrogens with two attached hydrogens (primary N) is 1. The summed E-state index contributed by atoms with van der Waals surface area (Å²) in [7, 11) is 0. The number of ether oxygens (including phenoxy) is 1. The number of pyridine rings is 1. The standard InChI is InChI=1S/C14H21N3O3/c1-4-20-12(18)9-17(8-10(2)3)14(19)13-11(15)6-5-7-16-13/h5-7,10H,4,8-9,15H2,1-3H3. The van der Waals surface area contributed by atoms with Gasteiger partial charge in [-0.15, -0.1) is 0 Å². The monoisotopic (exact) mass is 279 g/mol. The Balaban J connectivity index is 2.90. The molecule has 6 heteroatoms. The quantitative estimate of drug-likeness (QED) is 0.794. The highest BCUT2D eigenvalue weighted by molar-refractivity contribution is 5.98. The van der Waals surface area contributed by atoms with Gasteiger partial charge in [0.15, 0.2) is 5.69 Å². The normalized spacial score (nSPS) is 10.4. The second-order valence-electron chi connectivity index (χ2n) is 4.83. The molecule has 0 saturated heterocycles. The van der Waals surface area contributed by atoms with Crippen molar-refractivity contribution in [3.63, 3.8) is 0 Å². The first-order chi connectivity index (χ1) is 9.45. The summed E-state index contributed by atoms with van der Waals surface area (Å²) in [5.74, 6) is -0.570. The van der Waals surface area contributed by atoms with Crippen molar-refractivity contribution >= 4 is 17.6 Å². The average molecular weight is 279 g/mol. The van der Waals surface area contributed by atoms with Crippen LogP contribution >= 0.6 is 0 Å². The van der Waals surface area contributed by atoms with Crippen molar-refractivity contribution in [1.82, 2.24) is 9.88 Å². The zero-order chi connectivity index (χ0) is 15.1. The van der Waals surface area contributed by atoms with Crippen LogP contribution in [0.25, 0.3) is 0 Å². The fourth-order valence-electron chi connectivity index (χ4n) is 1.77. The van der Waals surface area contributed by atoms with E-state index in [-0.39, 0.29) is 30.7 Å². The molecule has 0 aliphatic rings. The van der Waals surface area contributed by atoms with Gasteiger partial charge in [0.05, 0.1) is 12.3 Å². The minimum absolute atomic E-state index is 0.0964. The molecular weight excluding hydrogens is 258 g/mol. The third kappa shape index (κ3) is 4.53. The number of esters is 1. The number of nitrogen functional groups attached to an aromatic ring is 1. The number of hydrogen-bond acceptors (Lipinski definition) is 5. The molecular formula is C14H21N3O3. The van der Waals surface area contributed by atoms with Gasteiger partial charge < -0.3 is 15.4 Å². The van der Waals surface area contributed by atoms with Crippen LogP contribution in [-0.4, -0.2) is 41.5 Å². The van der Waals surface area contributed by atoms with Gasteiger partial charge in [0.25, 0.3) is 5.91 Å². The van der Waals surface area contributed by atoms with E-state index in [1.165, 1.54) is 11.1 Å². The molecule has 0 fully saturated rings. The third-order valence-electron chi connectivity index (χ3n) is 2.54. The number of hydrogen-bond donors (Lipinski definition) is 1. The predicted octanol–water partition coefficient (Wildman–Crippen LogP) is 1.33. The molecule has 1 amide bonds. The van der Waals surface area contributed by atoms with E-state index in [4.69, 9.17) is 10.5 Å². The molecule has 20 heavy (non-hydrogen) atoms. The van der Waals surface area contributed by atoms with Crippen LogP contribution in [0.3, 0.4) is 0 Å². The lowest BCUT2D eigenvalue weighted by Crippen LogP contribution is -2.39. The summed E-state index contributed by atoms with van der Waals surface area (Å²) in [5.41, 5.74) is 6.22. The molecule has 0 saturated carbocycles. The minimum Gasteiger partial charge on any atom is -0.465 e. The number of nitrogens with zero attached hydrogens (tertiary/aromatic N) is 2. The molecule has 0 aromatic carbocycles. The van der Waals surface area contributed by atoms with E-state index in [9.17, 15) is 9.59 Å². The van der Waals surface area contributed by atoms with Gasteiger partial charge in [0.2, 0.25) is 0 Å². The van der Waals surface area contributed by atoms with Crippen LogP contribution < -0.4 is 5.73 Å². The Labute approximate surface area is 118 Å². The third-order valence-corrected chi connectivity index (χ3v) is 2.54. The van der Waals surface area contributed by atoms with Crippen molar-refractivity contribution < 1.29 is 14.3 Å². The lowest BCUT2D eigenvalue weighted by Gasteiger charge is -2.23. The summed E-state index contributed by atoms with van der Waals surface area (Å²) in [6, 6.07) is 3.27. The fraction of sp³-hybridized carbons (Fsp3) is 0.500. The van der Waals surface area contributed by atoms with Gasteiger partial charge >= 0.3 is 5.97 Å². The number of anilines is 1. The highest BCUT2D eigenvalue weighted by Gasteiger charge is 2.22. The van der Waals surface area contributed by atoms with Crippen LogP contribution in [0.4, 0.5) is 5.69 Å². The maximum Gasteiger partial charge on any atom is 0.325 e. The van der Waals surface area contributed by atoms with Crippen molar-refractivity contribution in [3.05, 3.63) is 24.0 Å². The Morgan fingerprint density at radius 2 is 2.15 bits per heavy atom. The Morgan fingerprint density at radius 1 is 1.45 bits per heavy atom. The Bertz CT molecular complexity index is 474. The number of amides is 1.